The van der Waals surface area contributed by atoms with Crippen LogP contribution in [0.3, 0.4) is 0 Å². The number of phosphoric ester groups is 1. The first-order valence-corrected chi connectivity index (χ1v) is 21.1. The second-order valence-corrected chi connectivity index (χ2v) is 17.3. The molecule has 0 saturated carbocycles. The number of amides is 3. The fraction of sp³-hybridized carbons (Fsp3) is 0.708. The van der Waals surface area contributed by atoms with Gasteiger partial charge in [0.05, 0.1) is 36.4 Å². The topological polar surface area (TPSA) is 295 Å². The van der Waals surface area contributed by atoms with Gasteiger partial charge in [0.2, 0.25) is 5.91 Å². The molecular weight excluding hydrogens is 733 g/mol. The largest absolute Gasteiger partial charge is 0.490 e. The maximum Gasteiger partial charge on any atom is 0.490 e. The van der Waals surface area contributed by atoms with E-state index in [0.29, 0.717) is 54.5 Å². The molecule has 3 aliphatic heterocycles. The molecule has 3 aliphatic rings. The summed E-state index contributed by atoms with van der Waals surface area (Å²) in [4.78, 5) is 68.6. The summed E-state index contributed by atoms with van der Waals surface area (Å²) in [6, 6.07) is 0.296. The Balaban J connectivity index is 0.976. The van der Waals surface area contributed by atoms with Gasteiger partial charge in [-0.3, -0.25) is 9.32 Å². The normalized spacial score (nSPS) is 26.1. The zero-order valence-electron chi connectivity index (χ0n) is 26.0. The first-order valence-electron chi connectivity index (χ1n) is 15.5. The third-order valence-electron chi connectivity index (χ3n) is 7.89. The molecule has 2 aromatic rings. The summed E-state index contributed by atoms with van der Waals surface area (Å²) in [6.45, 7) is 0.588. The minimum atomic E-state index is -5.61. The number of fused-ring (bicyclic) bond motifs is 2. The van der Waals surface area contributed by atoms with Crippen molar-refractivity contribution < 1.29 is 60.7 Å². The Morgan fingerprint density at radius 1 is 1.04 bits per heavy atom. The Labute approximate surface area is 284 Å². The number of carbonyl (C=O) groups is 2. The van der Waals surface area contributed by atoms with Crippen LogP contribution in [0.1, 0.15) is 57.6 Å². The highest BCUT2D eigenvalue weighted by Crippen LogP contribution is 2.66. The van der Waals surface area contributed by atoms with Crippen molar-refractivity contribution >= 4 is 64.0 Å². The van der Waals surface area contributed by atoms with Crippen molar-refractivity contribution in [1.29, 1.82) is 0 Å². The van der Waals surface area contributed by atoms with E-state index in [0.717, 1.165) is 37.9 Å². The van der Waals surface area contributed by atoms with Crippen LogP contribution in [-0.2, 0) is 36.4 Å². The predicted octanol–water partition coefficient (Wildman–Crippen LogP) is 1.88. The second-order valence-electron chi connectivity index (χ2n) is 11.6. The zero-order chi connectivity index (χ0) is 35.2. The van der Waals surface area contributed by atoms with Crippen molar-refractivity contribution in [3.05, 3.63) is 12.5 Å². The van der Waals surface area contributed by atoms with Gasteiger partial charge in [0.25, 0.3) is 0 Å². The highest BCUT2D eigenvalue weighted by atomic mass is 32.2. The second kappa shape index (κ2) is 16.4. The van der Waals surface area contributed by atoms with E-state index in [2.05, 4.69) is 49.5 Å². The lowest BCUT2D eigenvalue weighted by Crippen LogP contribution is -2.36. The molecule has 0 aromatic carbocycles. The van der Waals surface area contributed by atoms with Crippen LogP contribution in [0.15, 0.2) is 12.5 Å². The first kappa shape index (κ1) is 38.1. The van der Waals surface area contributed by atoms with Gasteiger partial charge in [-0.05, 0) is 38.5 Å². The van der Waals surface area contributed by atoms with Gasteiger partial charge in [-0.1, -0.05) is 6.42 Å². The number of hydrogen-bond donors (Lipinski definition) is 8. The number of ether oxygens (including phenoxy) is 1. The number of unbranched alkanes of at least 4 members (excludes halogenated alkanes) is 2. The van der Waals surface area contributed by atoms with Crippen molar-refractivity contribution in [1.82, 2.24) is 35.7 Å². The van der Waals surface area contributed by atoms with E-state index in [1.807, 2.05) is 11.8 Å². The minimum absolute atomic E-state index is 0.0241. The highest BCUT2D eigenvalue weighted by molar-refractivity contribution is 8.00. The molecule has 8 N–H and O–H groups in total. The molecule has 2 aromatic heterocycles. The molecule has 5 rings (SSSR count). The quantitative estimate of drug-likeness (QED) is 0.0574. The highest BCUT2D eigenvalue weighted by Gasteiger charge is 2.43. The summed E-state index contributed by atoms with van der Waals surface area (Å²) in [5.41, 5.74) is 0.472. The van der Waals surface area contributed by atoms with Crippen molar-refractivity contribution in [2.45, 2.75) is 81.0 Å². The predicted molar refractivity (Wildman–Crippen MR) is 173 cm³/mol. The lowest BCUT2D eigenvalue weighted by molar-refractivity contribution is -0.121. The average Bonchev–Trinajstić information content (AvgIpc) is 3.79. The number of thioether (sulfide) groups is 1. The van der Waals surface area contributed by atoms with Crippen molar-refractivity contribution in [2.75, 3.05) is 30.8 Å². The van der Waals surface area contributed by atoms with E-state index in [1.54, 1.807) is 6.20 Å². The van der Waals surface area contributed by atoms with Crippen LogP contribution in [0.5, 0.6) is 0 Å². The maximum absolute atomic E-state index is 12.2. The molecular formula is C24H39N8O13P3S. The molecule has 274 valence electrons. The Morgan fingerprint density at radius 2 is 1.84 bits per heavy atom. The number of hydrogen-bond acceptors (Lipinski definition) is 14. The molecule has 3 saturated heterocycles. The number of urea groups is 1. The summed E-state index contributed by atoms with van der Waals surface area (Å²) in [6.07, 6.45) is 7.02. The standard InChI is InChI=1S/C24H39N8O13P3S/c33-19(6-2-1-5-18-21-17(13-49-18)30-24(34)31-21)25-9-3-4-10-26-22-16-11-29-32(23(16)28-14-27-22)20-8-7-15(43-20)12-42-47(38,39)45-48(40,41)44-46(35,36)37/h11,14-15,17-18,20-21H,1-10,12-13H2,(H,25,33)(H,38,39)(H,40,41)(H,26,27,28)(H2,30,31,34)(H2,35,36,37)/t15-,17-,18?,20-,21-/m0/s1. The van der Waals surface area contributed by atoms with Gasteiger partial charge in [-0.2, -0.15) is 25.5 Å². The number of nitrogens with one attached hydrogen (secondary N) is 4. The molecule has 25 heteroatoms. The van der Waals surface area contributed by atoms with Gasteiger partial charge in [0, 0.05) is 30.5 Å². The lowest BCUT2D eigenvalue weighted by atomic mass is 10.0. The number of carbonyl (C=O) groups excluding carboxylic acids is 2. The monoisotopic (exact) mass is 772 g/mol. The summed E-state index contributed by atoms with van der Waals surface area (Å²) in [5, 5.41) is 17.5. The van der Waals surface area contributed by atoms with Crippen LogP contribution in [-0.4, -0.2) is 100 Å². The smallest absolute Gasteiger partial charge is 0.369 e. The van der Waals surface area contributed by atoms with E-state index in [9.17, 15) is 33.1 Å². The van der Waals surface area contributed by atoms with Gasteiger partial charge in [0.1, 0.15) is 12.1 Å². The van der Waals surface area contributed by atoms with Crippen LogP contribution >= 0.6 is 35.2 Å². The number of anilines is 1. The average molecular weight is 773 g/mol. The Hall–Kier alpha value is -2.19. The van der Waals surface area contributed by atoms with Crippen LogP contribution in [0.2, 0.25) is 0 Å². The molecule has 3 fully saturated rings. The summed E-state index contributed by atoms with van der Waals surface area (Å²) in [7, 11) is -16.4. The van der Waals surface area contributed by atoms with Crippen LogP contribution < -0.4 is 21.3 Å². The molecule has 49 heavy (non-hydrogen) atoms. The Bertz CT molecular complexity index is 1630. The van der Waals surface area contributed by atoms with Gasteiger partial charge in [-0.25, -0.2) is 33.1 Å². The Morgan fingerprint density at radius 3 is 2.63 bits per heavy atom. The Kier molecular flexibility index (Phi) is 12.8. The van der Waals surface area contributed by atoms with Gasteiger partial charge < -0.3 is 45.6 Å². The third kappa shape index (κ3) is 11.1. The van der Waals surface area contributed by atoms with Gasteiger partial charge >= 0.3 is 29.5 Å². The number of rotatable bonds is 19. The zero-order valence-corrected chi connectivity index (χ0v) is 29.5. The fourth-order valence-corrected chi connectivity index (χ4v) is 10.3. The number of nitrogens with zero attached hydrogens (tertiary/aromatic N) is 4. The van der Waals surface area contributed by atoms with E-state index in [1.165, 1.54) is 11.0 Å². The van der Waals surface area contributed by atoms with E-state index in [4.69, 9.17) is 14.5 Å². The van der Waals surface area contributed by atoms with Crippen molar-refractivity contribution in [3.8, 4) is 0 Å². The minimum Gasteiger partial charge on any atom is -0.369 e. The fourth-order valence-electron chi connectivity index (χ4n) is 5.73. The molecule has 0 aliphatic carbocycles. The van der Waals surface area contributed by atoms with E-state index in [-0.39, 0.29) is 24.0 Å². The van der Waals surface area contributed by atoms with Gasteiger partial charge in [0.15, 0.2) is 11.9 Å². The molecule has 7 atom stereocenters. The SMILES string of the molecule is O=C(CCCCC1SC[C@@H]2NC(=O)N[C@H]12)NCCCCNc1ncnc2c1cnn2[C@@H]1CC[C@@H](COP(=O)(O)OP(=O)(O)OP(=O)(O)O)O1. The molecule has 3 unspecified atom stereocenters. The molecule has 21 nitrogen and oxygen atoms in total. The van der Waals surface area contributed by atoms with E-state index < -0.39 is 42.4 Å². The summed E-state index contributed by atoms with van der Waals surface area (Å²) >= 11 is 1.87. The number of phosphoric acid groups is 3. The molecule has 0 bridgehead atoms. The first-order chi connectivity index (χ1) is 23.2. The lowest BCUT2D eigenvalue weighted by Gasteiger charge is -2.18. The molecule has 3 amide bonds. The van der Waals surface area contributed by atoms with Crippen LogP contribution in [0.4, 0.5) is 10.6 Å². The molecule has 0 radical (unpaired) electrons. The number of aromatic nitrogens is 4. The molecule has 5 heterocycles. The molecule has 0 spiro atoms. The van der Waals surface area contributed by atoms with E-state index >= 15 is 0 Å². The maximum atomic E-state index is 12.2. The summed E-state index contributed by atoms with van der Waals surface area (Å²) < 4.78 is 53.7. The van der Waals surface area contributed by atoms with Gasteiger partial charge in [-0.15, -0.1) is 0 Å². The van der Waals surface area contributed by atoms with Crippen molar-refractivity contribution in [3.63, 3.8) is 0 Å². The van der Waals surface area contributed by atoms with Crippen molar-refractivity contribution in [2.24, 2.45) is 0 Å². The summed E-state index contributed by atoms with van der Waals surface area (Å²) in [5.74, 6) is 1.51. The van der Waals surface area contributed by atoms with Crippen LogP contribution in [0.25, 0.3) is 11.0 Å². The third-order valence-corrected chi connectivity index (χ3v) is 13.2. The van der Waals surface area contributed by atoms with Crippen LogP contribution in [0, 0.1) is 0 Å².